The number of carbonyl (C=O) groups is 3. The molecular weight excluding hydrogens is 279 g/mol. The number of aliphatic hydroxyl groups excluding tert-OH is 1. The number of carboxylic acids is 3. The Hall–Kier alpha value is -0.320. The molecule has 0 aromatic heterocycles. The van der Waals surface area contributed by atoms with Crippen LogP contribution in [0.25, 0.3) is 0 Å². The zero-order valence-corrected chi connectivity index (χ0v) is 9.63. The van der Waals surface area contributed by atoms with Crippen molar-refractivity contribution in [2.45, 2.75) is 18.4 Å². The first kappa shape index (κ1) is 22.8. The molecule has 18 heavy (non-hydrogen) atoms. The number of carboxylic acid groups (broad SMARTS) is 3. The molecule has 0 aliphatic heterocycles. The van der Waals surface area contributed by atoms with E-state index in [2.05, 4.69) is 12.6 Å². The molecular formula is C8H15NaO8S. The molecule has 0 rings (SSSR count). The fraction of sp³-hybridized carbons (Fsp3) is 0.625. The van der Waals surface area contributed by atoms with Crippen molar-refractivity contribution in [1.82, 2.24) is 0 Å². The monoisotopic (exact) mass is 294 g/mol. The Morgan fingerprint density at radius 2 is 1.28 bits per heavy atom. The van der Waals surface area contributed by atoms with E-state index in [4.69, 9.17) is 25.5 Å². The quantitative estimate of drug-likeness (QED) is 0.243. The molecule has 5 N–H and O–H groups in total. The first-order chi connectivity index (χ1) is 7.69. The molecule has 0 aromatic rings. The van der Waals surface area contributed by atoms with Gasteiger partial charge in [-0.3, -0.25) is 9.59 Å². The Labute approximate surface area is 130 Å². The minimum absolute atomic E-state index is 0. The van der Waals surface area contributed by atoms with Gasteiger partial charge in [-0.1, -0.05) is 0 Å². The van der Waals surface area contributed by atoms with Crippen molar-refractivity contribution >= 4 is 60.1 Å². The Morgan fingerprint density at radius 1 is 1.00 bits per heavy atom. The number of aliphatic hydroxyl groups is 2. The van der Waals surface area contributed by atoms with Crippen molar-refractivity contribution in [3.8, 4) is 0 Å². The van der Waals surface area contributed by atoms with Crippen molar-refractivity contribution in [2.24, 2.45) is 0 Å². The summed E-state index contributed by atoms with van der Waals surface area (Å²) in [6.45, 7) is 0.184. The predicted molar refractivity (Wildman–Crippen MR) is 65.2 cm³/mol. The molecule has 0 fully saturated rings. The van der Waals surface area contributed by atoms with Crippen molar-refractivity contribution in [2.75, 3.05) is 12.4 Å². The molecule has 0 amide bonds. The van der Waals surface area contributed by atoms with Crippen LogP contribution in [0.15, 0.2) is 0 Å². The molecule has 0 bridgehead atoms. The Balaban J connectivity index is -0.000000392. The van der Waals surface area contributed by atoms with Gasteiger partial charge in [0.05, 0.1) is 19.4 Å². The SMILES string of the molecule is O=C(O)CC(O)(CC(=O)O)C(=O)O.OCCS.[NaH]. The van der Waals surface area contributed by atoms with E-state index in [-0.39, 0.29) is 36.2 Å². The molecule has 0 atom stereocenters. The number of rotatable bonds is 6. The normalized spacial score (nSPS) is 9.50. The van der Waals surface area contributed by atoms with Gasteiger partial charge in [0, 0.05) is 5.75 Å². The standard InChI is InChI=1S/C6H8O7.C2H6OS.Na.H/c7-3(8)1-6(13,5(11)12)2-4(9)10;3-1-2-4;;/h13H,1-2H2,(H,7,8)(H,9,10)(H,11,12);3-4H,1-2H2;;. The third-order valence-electron chi connectivity index (χ3n) is 1.39. The van der Waals surface area contributed by atoms with Gasteiger partial charge < -0.3 is 25.5 Å². The molecule has 10 heteroatoms. The molecule has 0 saturated heterocycles. The van der Waals surface area contributed by atoms with Gasteiger partial charge in [-0.2, -0.15) is 12.6 Å². The van der Waals surface area contributed by atoms with Crippen molar-refractivity contribution in [3.63, 3.8) is 0 Å². The van der Waals surface area contributed by atoms with E-state index >= 15 is 0 Å². The van der Waals surface area contributed by atoms with Crippen molar-refractivity contribution in [3.05, 3.63) is 0 Å². The second-order valence-electron chi connectivity index (χ2n) is 2.92. The Morgan fingerprint density at radius 3 is 1.39 bits per heavy atom. The summed E-state index contributed by atoms with van der Waals surface area (Å²) in [6.07, 6.45) is -2.29. The van der Waals surface area contributed by atoms with E-state index < -0.39 is 36.4 Å². The van der Waals surface area contributed by atoms with Gasteiger partial charge in [-0.25, -0.2) is 4.79 Å². The topological polar surface area (TPSA) is 152 Å². The van der Waals surface area contributed by atoms with Crippen LogP contribution in [0.1, 0.15) is 12.8 Å². The summed E-state index contributed by atoms with van der Waals surface area (Å²) in [7, 11) is 0. The summed E-state index contributed by atoms with van der Waals surface area (Å²) < 4.78 is 0. The average Bonchev–Trinajstić information content (AvgIpc) is 2.15. The molecule has 0 aliphatic carbocycles. The summed E-state index contributed by atoms with van der Waals surface area (Å²) in [5, 5.41) is 41.6. The van der Waals surface area contributed by atoms with Gasteiger partial charge in [0.15, 0.2) is 5.60 Å². The average molecular weight is 294 g/mol. The fourth-order valence-electron chi connectivity index (χ4n) is 0.714. The molecule has 0 radical (unpaired) electrons. The summed E-state index contributed by atoms with van der Waals surface area (Å²) in [5.74, 6) is -4.45. The van der Waals surface area contributed by atoms with Gasteiger partial charge in [-0.15, -0.1) is 0 Å². The summed E-state index contributed by atoms with van der Waals surface area (Å²) in [5.41, 5.74) is -2.74. The van der Waals surface area contributed by atoms with Crippen LogP contribution in [-0.4, -0.2) is 91.0 Å². The first-order valence-electron chi connectivity index (χ1n) is 4.30. The fourth-order valence-corrected chi connectivity index (χ4v) is 0.714. The number of hydrogen-bond acceptors (Lipinski definition) is 6. The van der Waals surface area contributed by atoms with Crippen LogP contribution in [0.3, 0.4) is 0 Å². The predicted octanol–water partition coefficient (Wildman–Crippen LogP) is -1.99. The zero-order valence-electron chi connectivity index (χ0n) is 8.74. The van der Waals surface area contributed by atoms with Crippen LogP contribution in [0.4, 0.5) is 0 Å². The van der Waals surface area contributed by atoms with E-state index in [9.17, 15) is 14.4 Å². The number of hydrogen-bond donors (Lipinski definition) is 6. The molecule has 0 spiro atoms. The summed E-state index contributed by atoms with van der Waals surface area (Å²) >= 11 is 3.67. The van der Waals surface area contributed by atoms with Crippen molar-refractivity contribution < 1.29 is 39.9 Å². The molecule has 0 aliphatic rings. The Bertz CT molecular complexity index is 264. The Kier molecular flexibility index (Phi) is 14.9. The number of aliphatic carboxylic acids is 3. The molecule has 102 valence electrons. The van der Waals surface area contributed by atoms with Crippen LogP contribution in [0.5, 0.6) is 0 Å². The summed E-state index contributed by atoms with van der Waals surface area (Å²) in [4.78, 5) is 30.5. The van der Waals surface area contributed by atoms with Crippen LogP contribution in [0, 0.1) is 0 Å². The second kappa shape index (κ2) is 11.8. The molecule has 0 saturated carbocycles. The van der Waals surface area contributed by atoms with Crippen molar-refractivity contribution in [1.29, 1.82) is 0 Å². The van der Waals surface area contributed by atoms with Crippen LogP contribution in [0.2, 0.25) is 0 Å². The van der Waals surface area contributed by atoms with E-state index in [1.165, 1.54) is 0 Å². The molecule has 0 unspecified atom stereocenters. The van der Waals surface area contributed by atoms with Gasteiger partial charge in [0.2, 0.25) is 0 Å². The summed E-state index contributed by atoms with van der Waals surface area (Å²) in [6, 6.07) is 0. The maximum atomic E-state index is 10.3. The number of thiol groups is 1. The third kappa shape index (κ3) is 12.1. The van der Waals surface area contributed by atoms with Crippen LogP contribution >= 0.6 is 12.6 Å². The van der Waals surface area contributed by atoms with Crippen LogP contribution in [-0.2, 0) is 14.4 Å². The van der Waals surface area contributed by atoms with Gasteiger partial charge >= 0.3 is 47.5 Å². The molecule has 0 heterocycles. The van der Waals surface area contributed by atoms with E-state index in [0.717, 1.165) is 0 Å². The van der Waals surface area contributed by atoms with E-state index in [1.54, 1.807) is 0 Å². The van der Waals surface area contributed by atoms with E-state index in [0.29, 0.717) is 5.75 Å². The van der Waals surface area contributed by atoms with E-state index in [1.807, 2.05) is 0 Å². The van der Waals surface area contributed by atoms with Gasteiger partial charge in [-0.05, 0) is 0 Å². The zero-order chi connectivity index (χ0) is 14.1. The van der Waals surface area contributed by atoms with Gasteiger partial charge in [0.25, 0.3) is 0 Å². The van der Waals surface area contributed by atoms with Crippen LogP contribution < -0.4 is 0 Å². The molecule has 0 aromatic carbocycles. The first-order valence-corrected chi connectivity index (χ1v) is 4.94. The second-order valence-corrected chi connectivity index (χ2v) is 3.37. The van der Waals surface area contributed by atoms with Gasteiger partial charge in [0.1, 0.15) is 0 Å². The molecule has 8 nitrogen and oxygen atoms in total. The third-order valence-corrected chi connectivity index (χ3v) is 1.59. The minimum atomic E-state index is -2.74. The maximum absolute atomic E-state index is 10.3.